The molecule has 0 atom stereocenters. The van der Waals surface area contributed by atoms with Crippen LogP contribution in [0.15, 0.2) is 85.0 Å². The third-order valence-corrected chi connectivity index (χ3v) is 12.0. The van der Waals surface area contributed by atoms with Gasteiger partial charge in [-0.05, 0) is 113 Å². The minimum atomic E-state index is -1.76. The topological polar surface area (TPSA) is 220 Å². The smallest absolute Gasteiger partial charge is 0.333 e. The normalized spacial score (nSPS) is 14.0. The number of halogens is 1. The van der Waals surface area contributed by atoms with Gasteiger partial charge >= 0.3 is 47.8 Å². The maximum absolute atomic E-state index is 16.2. The van der Waals surface area contributed by atoms with Crippen LogP contribution < -0.4 is 4.74 Å². The molecule has 2 aromatic rings. The Morgan fingerprint density at radius 3 is 1.53 bits per heavy atom. The first-order valence-electron chi connectivity index (χ1n) is 25.1. The minimum absolute atomic E-state index is 0.00385. The summed E-state index contributed by atoms with van der Waals surface area (Å²) in [5, 5.41) is 0. The summed E-state index contributed by atoms with van der Waals surface area (Å²) in [6.45, 7) is 18.1. The van der Waals surface area contributed by atoms with Crippen LogP contribution in [0.3, 0.4) is 0 Å². The third kappa shape index (κ3) is 22.9. The van der Waals surface area contributed by atoms with Gasteiger partial charge in [0.25, 0.3) is 0 Å². The molecule has 0 heterocycles. The van der Waals surface area contributed by atoms with Gasteiger partial charge in [0.15, 0.2) is 0 Å². The molecule has 3 rings (SSSR count). The van der Waals surface area contributed by atoms with Gasteiger partial charge in [0.05, 0.1) is 6.61 Å². The van der Waals surface area contributed by atoms with Crippen molar-refractivity contribution in [3.8, 4) is 16.9 Å². The standard InChI is InChI=1S/C57H73FO17/c1-10-11-12-14-41-16-18-42(19-17-41)43-20-22-46(47(58)30-43)44-21-23-48(45(29-44)15-13-24-69-53(63)37(2)3)72-33-57(36-75-56(66)40(8)9,34-73-51(61)31-49(59)67-25-27-70-54(64)38(4)5)35-74-52(62)32-50(60)68-26-28-71-55(65)39(6)7/h20-23,29-30,41-42H,2,4,6,8,10-19,24-28,31-36H2,1,3,5,7,9H3. The van der Waals surface area contributed by atoms with Crippen molar-refractivity contribution in [3.63, 3.8) is 0 Å². The molecule has 0 bridgehead atoms. The summed E-state index contributed by atoms with van der Waals surface area (Å²) in [6.07, 6.45) is 7.81. The van der Waals surface area contributed by atoms with Crippen molar-refractivity contribution in [2.75, 3.05) is 59.5 Å². The van der Waals surface area contributed by atoms with Crippen LogP contribution in [0.2, 0.25) is 0 Å². The number of carbonyl (C=O) groups is 8. The quantitative estimate of drug-likeness (QED) is 0.0214. The van der Waals surface area contributed by atoms with Crippen molar-refractivity contribution in [2.24, 2.45) is 11.3 Å². The van der Waals surface area contributed by atoms with Crippen molar-refractivity contribution in [1.29, 1.82) is 0 Å². The highest BCUT2D eigenvalue weighted by Gasteiger charge is 2.38. The van der Waals surface area contributed by atoms with Crippen molar-refractivity contribution < 1.29 is 85.4 Å². The van der Waals surface area contributed by atoms with E-state index < -0.39 is 98.3 Å². The number of ether oxygens (including phenoxy) is 9. The van der Waals surface area contributed by atoms with Crippen molar-refractivity contribution in [3.05, 3.63) is 102 Å². The summed E-state index contributed by atoms with van der Waals surface area (Å²) in [7, 11) is 0. The molecule has 1 aliphatic rings. The molecule has 0 N–H and O–H groups in total. The van der Waals surface area contributed by atoms with Crippen LogP contribution in [0.4, 0.5) is 4.39 Å². The molecule has 0 amide bonds. The second kappa shape index (κ2) is 32.3. The lowest BCUT2D eigenvalue weighted by atomic mass is 9.77. The Morgan fingerprint density at radius 2 is 1.03 bits per heavy atom. The SMILES string of the molecule is C=C(C)C(=O)OCCCc1cc(-c2ccc(C3CCC(CCCCC)CC3)cc2F)ccc1OCC(COC(=O)CC(=O)OCCOC(=O)C(=C)C)(COC(=O)CC(=O)OCCOC(=O)C(=C)C)COC(=O)C(=C)C. The first-order chi connectivity index (χ1) is 35.6. The van der Waals surface area contributed by atoms with Crippen LogP contribution in [-0.2, 0) is 82.7 Å². The Kier molecular flexibility index (Phi) is 26.7. The predicted octanol–water partition coefficient (Wildman–Crippen LogP) is 9.07. The first kappa shape index (κ1) is 62.2. The minimum Gasteiger partial charge on any atom is -0.492 e. The second-order valence-electron chi connectivity index (χ2n) is 18.9. The van der Waals surface area contributed by atoms with Crippen molar-refractivity contribution in [1.82, 2.24) is 0 Å². The van der Waals surface area contributed by atoms with Crippen molar-refractivity contribution >= 4 is 47.8 Å². The number of esters is 8. The van der Waals surface area contributed by atoms with Crippen LogP contribution in [0.5, 0.6) is 5.75 Å². The number of benzene rings is 2. The van der Waals surface area contributed by atoms with Gasteiger partial charge in [-0.25, -0.2) is 23.6 Å². The summed E-state index contributed by atoms with van der Waals surface area (Å²) in [5.41, 5.74) is 1.02. The van der Waals surface area contributed by atoms with E-state index in [0.29, 0.717) is 22.6 Å². The fourth-order valence-corrected chi connectivity index (χ4v) is 7.68. The fraction of sp³-hybridized carbons (Fsp3) is 0.509. The van der Waals surface area contributed by atoms with Gasteiger partial charge in [-0.1, -0.05) is 77.1 Å². The molecule has 1 fully saturated rings. The zero-order valence-electron chi connectivity index (χ0n) is 44.1. The summed E-state index contributed by atoms with van der Waals surface area (Å²) in [5.74, 6) is -6.40. The van der Waals surface area contributed by atoms with Gasteiger partial charge in [-0.3, -0.25) is 19.2 Å². The molecule has 1 aliphatic carbocycles. The molecule has 1 saturated carbocycles. The first-order valence-corrected chi connectivity index (χ1v) is 25.1. The average molecular weight is 1050 g/mol. The number of hydrogen-bond acceptors (Lipinski definition) is 17. The van der Waals surface area contributed by atoms with Crippen molar-refractivity contribution in [2.45, 2.75) is 118 Å². The largest absolute Gasteiger partial charge is 0.492 e. The lowest BCUT2D eigenvalue weighted by molar-refractivity contribution is -0.167. The second-order valence-corrected chi connectivity index (χ2v) is 18.9. The maximum atomic E-state index is 16.2. The summed E-state index contributed by atoms with van der Waals surface area (Å²) >= 11 is 0. The molecule has 0 spiro atoms. The number of unbranched alkanes of at least 4 members (excludes halogenated alkanes) is 2. The monoisotopic (exact) mass is 1050 g/mol. The maximum Gasteiger partial charge on any atom is 0.333 e. The van der Waals surface area contributed by atoms with E-state index in [9.17, 15) is 38.4 Å². The van der Waals surface area contributed by atoms with Gasteiger partial charge in [-0.15, -0.1) is 0 Å². The Hall–Kier alpha value is -7.11. The highest BCUT2D eigenvalue weighted by atomic mass is 19.1. The summed E-state index contributed by atoms with van der Waals surface area (Å²) < 4.78 is 64.2. The Balaban J connectivity index is 1.95. The summed E-state index contributed by atoms with van der Waals surface area (Å²) in [6, 6.07) is 10.3. The van der Waals surface area contributed by atoms with E-state index >= 15 is 4.39 Å². The molecule has 0 saturated heterocycles. The Labute approximate surface area is 439 Å². The molecule has 0 aliphatic heterocycles. The van der Waals surface area contributed by atoms with Gasteiger partial charge in [0, 0.05) is 27.9 Å². The number of carbonyl (C=O) groups excluding carboxylic acids is 8. The third-order valence-electron chi connectivity index (χ3n) is 12.0. The van der Waals surface area contributed by atoms with Gasteiger partial charge in [0.2, 0.25) is 0 Å². The highest BCUT2D eigenvalue weighted by molar-refractivity contribution is 5.92. The Bertz CT molecular complexity index is 2310. The molecule has 0 unspecified atom stereocenters. The zero-order valence-corrected chi connectivity index (χ0v) is 44.1. The van der Waals surface area contributed by atoms with E-state index in [2.05, 4.69) is 33.2 Å². The van der Waals surface area contributed by atoms with Crippen LogP contribution in [0, 0.1) is 17.2 Å². The van der Waals surface area contributed by atoms with Gasteiger partial charge < -0.3 is 42.6 Å². The molecule has 0 aromatic heterocycles. The molecular formula is C57H73FO17. The lowest BCUT2D eigenvalue weighted by Crippen LogP contribution is -2.44. The lowest BCUT2D eigenvalue weighted by Gasteiger charge is -2.32. The van der Waals surface area contributed by atoms with Crippen LogP contribution in [0.1, 0.15) is 122 Å². The van der Waals surface area contributed by atoms with Crippen LogP contribution in [-0.4, -0.2) is 107 Å². The highest BCUT2D eigenvalue weighted by Crippen LogP contribution is 2.39. The number of hydrogen-bond donors (Lipinski definition) is 0. The average Bonchev–Trinajstić information content (AvgIpc) is 3.37. The predicted molar refractivity (Wildman–Crippen MR) is 273 cm³/mol. The van der Waals surface area contributed by atoms with Crippen LogP contribution in [0.25, 0.3) is 11.1 Å². The van der Waals surface area contributed by atoms with Crippen LogP contribution >= 0.6 is 0 Å². The van der Waals surface area contributed by atoms with E-state index in [-0.39, 0.29) is 79.8 Å². The molecule has 2 aromatic carbocycles. The number of rotatable bonds is 33. The van der Waals surface area contributed by atoms with Gasteiger partial charge in [0.1, 0.15) is 82.7 Å². The summed E-state index contributed by atoms with van der Waals surface area (Å²) in [4.78, 5) is 99.8. The molecule has 75 heavy (non-hydrogen) atoms. The van der Waals surface area contributed by atoms with E-state index in [1.165, 1.54) is 53.4 Å². The van der Waals surface area contributed by atoms with E-state index in [1.54, 1.807) is 30.3 Å². The molecule has 410 valence electrons. The molecule has 18 heteroatoms. The van der Waals surface area contributed by atoms with Gasteiger partial charge in [-0.2, -0.15) is 0 Å². The van der Waals surface area contributed by atoms with E-state index in [4.69, 9.17) is 42.6 Å². The molecule has 0 radical (unpaired) electrons. The zero-order chi connectivity index (χ0) is 55.5. The molecular weight excluding hydrogens is 976 g/mol. The van der Waals surface area contributed by atoms with E-state index in [1.807, 2.05) is 6.07 Å². The Morgan fingerprint density at radius 1 is 0.547 bits per heavy atom. The number of aryl methyl sites for hydroxylation is 1. The molecule has 17 nitrogen and oxygen atoms in total. The fourth-order valence-electron chi connectivity index (χ4n) is 7.68. The van der Waals surface area contributed by atoms with E-state index in [0.717, 1.165) is 31.2 Å².